The molecule has 2 rings (SSSR count). The Labute approximate surface area is 109 Å². The Hall–Kier alpha value is -0.910. The average Bonchev–Trinajstić information content (AvgIpc) is 2.71. The molecule has 1 aromatic heterocycles. The first-order valence-corrected chi connectivity index (χ1v) is 6.73. The highest BCUT2D eigenvalue weighted by Gasteiger charge is 2.20. The van der Waals surface area contributed by atoms with Crippen molar-refractivity contribution >= 4 is 0 Å². The molecule has 0 radical (unpaired) electrons. The Morgan fingerprint density at radius 3 is 3.06 bits per heavy atom. The summed E-state index contributed by atoms with van der Waals surface area (Å²) in [6.45, 7) is 6.85. The second kappa shape index (κ2) is 6.31. The molecule has 1 fully saturated rings. The minimum absolute atomic E-state index is 0.308. The van der Waals surface area contributed by atoms with Crippen LogP contribution in [0.1, 0.15) is 18.3 Å². The Balaban J connectivity index is 1.93. The van der Waals surface area contributed by atoms with Crippen LogP contribution in [0.3, 0.4) is 0 Å². The fourth-order valence-electron chi connectivity index (χ4n) is 2.40. The maximum absolute atomic E-state index is 5.72. The molecule has 5 nitrogen and oxygen atoms in total. The minimum atomic E-state index is 0.308. The van der Waals surface area contributed by atoms with Crippen molar-refractivity contribution in [2.24, 2.45) is 7.05 Å². The van der Waals surface area contributed by atoms with Crippen LogP contribution >= 0.6 is 0 Å². The molecular weight excluding hydrogens is 228 g/mol. The molecule has 1 saturated heterocycles. The first-order valence-electron chi connectivity index (χ1n) is 6.73. The van der Waals surface area contributed by atoms with E-state index in [1.165, 1.54) is 11.4 Å². The molecule has 102 valence electrons. The zero-order valence-corrected chi connectivity index (χ0v) is 11.6. The molecule has 1 N–H and O–H groups in total. The number of hydrogen-bond donors (Lipinski definition) is 1. The summed E-state index contributed by atoms with van der Waals surface area (Å²) >= 11 is 0. The predicted molar refractivity (Wildman–Crippen MR) is 71.5 cm³/mol. The molecule has 18 heavy (non-hydrogen) atoms. The molecule has 0 bridgehead atoms. The van der Waals surface area contributed by atoms with Crippen LogP contribution in [0.25, 0.3) is 0 Å². The van der Waals surface area contributed by atoms with E-state index < -0.39 is 0 Å². The van der Waals surface area contributed by atoms with E-state index in [0.717, 1.165) is 39.2 Å². The van der Waals surface area contributed by atoms with Crippen LogP contribution < -0.4 is 5.32 Å². The fraction of sp³-hybridized carbons (Fsp3) is 0.769. The summed E-state index contributed by atoms with van der Waals surface area (Å²) < 4.78 is 7.72. The Morgan fingerprint density at radius 1 is 1.56 bits per heavy atom. The zero-order valence-electron chi connectivity index (χ0n) is 11.6. The molecule has 0 saturated carbocycles. The number of aromatic nitrogens is 2. The van der Waals surface area contributed by atoms with Gasteiger partial charge in [-0.25, -0.2) is 0 Å². The van der Waals surface area contributed by atoms with Gasteiger partial charge in [-0.05, 0) is 19.5 Å². The topological polar surface area (TPSA) is 42.3 Å². The second-order valence-corrected chi connectivity index (χ2v) is 4.89. The lowest BCUT2D eigenvalue weighted by molar-refractivity contribution is -0.0298. The first-order chi connectivity index (χ1) is 8.72. The number of hydrogen-bond acceptors (Lipinski definition) is 4. The van der Waals surface area contributed by atoms with Crippen molar-refractivity contribution < 1.29 is 4.74 Å². The number of ether oxygens (including phenoxy) is 1. The first kappa shape index (κ1) is 13.5. The third-order valence-electron chi connectivity index (χ3n) is 3.43. The molecule has 1 aromatic rings. The van der Waals surface area contributed by atoms with E-state index in [4.69, 9.17) is 4.74 Å². The van der Waals surface area contributed by atoms with Crippen LogP contribution in [0, 0.1) is 0 Å². The van der Waals surface area contributed by atoms with Gasteiger partial charge in [-0.3, -0.25) is 9.58 Å². The molecule has 1 aliphatic heterocycles. The number of aryl methyl sites for hydroxylation is 2. The van der Waals surface area contributed by atoms with Gasteiger partial charge in [0.05, 0.1) is 24.1 Å². The van der Waals surface area contributed by atoms with E-state index in [-0.39, 0.29) is 0 Å². The number of nitrogens with one attached hydrogen (secondary N) is 1. The van der Waals surface area contributed by atoms with Crippen molar-refractivity contribution in [2.45, 2.75) is 26.0 Å². The lowest BCUT2D eigenvalue weighted by Gasteiger charge is -2.32. The van der Waals surface area contributed by atoms with Crippen molar-refractivity contribution in [1.29, 1.82) is 0 Å². The molecular formula is C13H24N4O. The third kappa shape index (κ3) is 3.31. The van der Waals surface area contributed by atoms with E-state index in [2.05, 4.69) is 28.3 Å². The molecule has 1 atom stereocenters. The van der Waals surface area contributed by atoms with Crippen molar-refractivity contribution in [1.82, 2.24) is 20.0 Å². The highest BCUT2D eigenvalue weighted by Crippen LogP contribution is 2.11. The molecule has 5 heteroatoms. The maximum Gasteiger partial charge on any atom is 0.0826 e. The van der Waals surface area contributed by atoms with E-state index in [1.807, 2.05) is 18.8 Å². The van der Waals surface area contributed by atoms with Crippen LogP contribution in [0.15, 0.2) is 6.07 Å². The monoisotopic (exact) mass is 252 g/mol. The number of likely N-dealkylation sites (N-methyl/N-ethyl adjacent to an activating group) is 1. The second-order valence-electron chi connectivity index (χ2n) is 4.89. The van der Waals surface area contributed by atoms with Gasteiger partial charge >= 0.3 is 0 Å². The molecule has 1 aliphatic rings. The normalized spacial score (nSPS) is 21.4. The van der Waals surface area contributed by atoms with E-state index in [0.29, 0.717) is 6.10 Å². The quantitative estimate of drug-likeness (QED) is 0.824. The zero-order chi connectivity index (χ0) is 13.0. The summed E-state index contributed by atoms with van der Waals surface area (Å²) in [5.41, 5.74) is 2.46. The van der Waals surface area contributed by atoms with Gasteiger partial charge in [0.25, 0.3) is 0 Å². The van der Waals surface area contributed by atoms with Crippen molar-refractivity contribution in [3.05, 3.63) is 17.5 Å². The van der Waals surface area contributed by atoms with E-state index in [1.54, 1.807) is 0 Å². The smallest absolute Gasteiger partial charge is 0.0826 e. The van der Waals surface area contributed by atoms with Gasteiger partial charge in [0.1, 0.15) is 0 Å². The molecule has 0 amide bonds. The predicted octanol–water partition coefficient (Wildman–Crippen LogP) is 0.403. The summed E-state index contributed by atoms with van der Waals surface area (Å²) in [5, 5.41) is 7.67. The summed E-state index contributed by atoms with van der Waals surface area (Å²) in [5.74, 6) is 0. The van der Waals surface area contributed by atoms with Crippen LogP contribution in [0.2, 0.25) is 0 Å². The lowest BCUT2D eigenvalue weighted by Crippen LogP contribution is -2.45. The number of morpholine rings is 1. The van der Waals surface area contributed by atoms with Gasteiger partial charge in [0.2, 0.25) is 0 Å². The van der Waals surface area contributed by atoms with Gasteiger partial charge in [-0.15, -0.1) is 0 Å². The highest BCUT2D eigenvalue weighted by atomic mass is 16.5. The molecule has 1 unspecified atom stereocenters. The standard InChI is InChI=1S/C13H24N4O/c1-4-11-7-12(16(3)15-11)9-17-5-6-18-13(10-17)8-14-2/h7,13-14H,4-6,8-10H2,1-3H3. The van der Waals surface area contributed by atoms with Gasteiger partial charge in [-0.1, -0.05) is 6.92 Å². The largest absolute Gasteiger partial charge is 0.374 e. The summed E-state index contributed by atoms with van der Waals surface area (Å²) in [4.78, 5) is 2.45. The van der Waals surface area contributed by atoms with Gasteiger partial charge < -0.3 is 10.1 Å². The van der Waals surface area contributed by atoms with E-state index >= 15 is 0 Å². The fourth-order valence-corrected chi connectivity index (χ4v) is 2.40. The van der Waals surface area contributed by atoms with Gasteiger partial charge in [0.15, 0.2) is 0 Å². The summed E-state index contributed by atoms with van der Waals surface area (Å²) in [6, 6.07) is 2.21. The van der Waals surface area contributed by atoms with Crippen LogP contribution in [0.5, 0.6) is 0 Å². The lowest BCUT2D eigenvalue weighted by atomic mass is 10.2. The average molecular weight is 252 g/mol. The molecule has 0 aromatic carbocycles. The van der Waals surface area contributed by atoms with E-state index in [9.17, 15) is 0 Å². The Morgan fingerprint density at radius 2 is 2.39 bits per heavy atom. The van der Waals surface area contributed by atoms with Gasteiger partial charge in [-0.2, -0.15) is 5.10 Å². The minimum Gasteiger partial charge on any atom is -0.374 e. The SMILES string of the molecule is CCc1cc(CN2CCOC(CNC)C2)n(C)n1. The third-order valence-corrected chi connectivity index (χ3v) is 3.43. The Bertz CT molecular complexity index is 375. The van der Waals surface area contributed by atoms with Crippen molar-refractivity contribution in [2.75, 3.05) is 33.3 Å². The summed E-state index contributed by atoms with van der Waals surface area (Å²) in [7, 11) is 4.00. The number of nitrogens with zero attached hydrogens (tertiary/aromatic N) is 3. The molecule has 0 aliphatic carbocycles. The van der Waals surface area contributed by atoms with Crippen molar-refractivity contribution in [3.8, 4) is 0 Å². The molecule has 2 heterocycles. The Kier molecular flexibility index (Phi) is 4.74. The molecule has 0 spiro atoms. The van der Waals surface area contributed by atoms with Crippen LogP contribution in [-0.4, -0.2) is 54.1 Å². The maximum atomic E-state index is 5.72. The van der Waals surface area contributed by atoms with Crippen molar-refractivity contribution in [3.63, 3.8) is 0 Å². The van der Waals surface area contributed by atoms with Crippen LogP contribution in [-0.2, 0) is 24.8 Å². The summed E-state index contributed by atoms with van der Waals surface area (Å²) in [6.07, 6.45) is 1.31. The number of rotatable bonds is 5. The van der Waals surface area contributed by atoms with Gasteiger partial charge in [0, 0.05) is 33.2 Å². The van der Waals surface area contributed by atoms with Crippen LogP contribution in [0.4, 0.5) is 0 Å². The highest BCUT2D eigenvalue weighted by molar-refractivity contribution is 5.10.